The Morgan fingerprint density at radius 2 is 2.11 bits per heavy atom. The highest BCUT2D eigenvalue weighted by atomic mass is 16.6. The van der Waals surface area contributed by atoms with Crippen LogP contribution in [-0.2, 0) is 20.9 Å². The molecule has 3 rings (SSSR count). The maximum absolute atomic E-state index is 11.3. The molecule has 0 bridgehead atoms. The molecule has 102 valence electrons. The zero-order valence-electron chi connectivity index (χ0n) is 10.7. The molecule has 2 fully saturated rings. The Bertz CT molecular complexity index is 445. The highest BCUT2D eigenvalue weighted by molar-refractivity contribution is 5.72. The van der Waals surface area contributed by atoms with Crippen molar-refractivity contribution in [3.05, 3.63) is 35.9 Å². The molecule has 0 aromatic heterocycles. The smallest absolute Gasteiger partial charge is 0.306 e. The molecule has 19 heavy (non-hydrogen) atoms. The van der Waals surface area contributed by atoms with E-state index in [1.807, 2.05) is 30.3 Å². The zero-order chi connectivity index (χ0) is 13.2. The van der Waals surface area contributed by atoms with Gasteiger partial charge in [0.1, 0.15) is 6.10 Å². The number of ether oxygens (including phenoxy) is 2. The number of rotatable bonds is 4. The van der Waals surface area contributed by atoms with Crippen molar-refractivity contribution in [1.82, 2.24) is 0 Å². The van der Waals surface area contributed by atoms with Crippen LogP contribution in [0.5, 0.6) is 0 Å². The fourth-order valence-electron chi connectivity index (χ4n) is 3.18. The first-order valence-electron chi connectivity index (χ1n) is 6.74. The number of hydrogen-bond acceptors (Lipinski definition) is 4. The maximum atomic E-state index is 11.3. The Labute approximate surface area is 112 Å². The molecule has 1 aromatic carbocycles. The number of hydrogen-bond donors (Lipinski definition) is 1. The highest BCUT2D eigenvalue weighted by Crippen LogP contribution is 2.42. The number of aliphatic hydroxyl groups is 1. The third kappa shape index (κ3) is 2.51. The van der Waals surface area contributed by atoms with E-state index in [4.69, 9.17) is 9.47 Å². The maximum Gasteiger partial charge on any atom is 0.306 e. The molecule has 1 aliphatic heterocycles. The predicted octanol–water partition coefficient (Wildman–Crippen LogP) is 1.52. The van der Waals surface area contributed by atoms with Gasteiger partial charge in [0.2, 0.25) is 0 Å². The van der Waals surface area contributed by atoms with E-state index >= 15 is 0 Å². The van der Waals surface area contributed by atoms with Gasteiger partial charge in [-0.1, -0.05) is 30.3 Å². The van der Waals surface area contributed by atoms with Gasteiger partial charge in [0.05, 0.1) is 19.1 Å². The van der Waals surface area contributed by atoms with Gasteiger partial charge in [-0.25, -0.2) is 0 Å². The lowest BCUT2D eigenvalue weighted by atomic mass is 9.93. The van der Waals surface area contributed by atoms with Gasteiger partial charge in [-0.3, -0.25) is 4.79 Å². The summed E-state index contributed by atoms with van der Waals surface area (Å²) in [5.41, 5.74) is 1.12. The minimum Gasteiger partial charge on any atom is -0.462 e. The lowest BCUT2D eigenvalue weighted by Gasteiger charge is -2.21. The van der Waals surface area contributed by atoms with Crippen molar-refractivity contribution in [2.45, 2.75) is 31.7 Å². The van der Waals surface area contributed by atoms with Gasteiger partial charge in [-0.2, -0.15) is 0 Å². The van der Waals surface area contributed by atoms with Gasteiger partial charge < -0.3 is 14.6 Å². The quantitative estimate of drug-likeness (QED) is 0.836. The van der Waals surface area contributed by atoms with Gasteiger partial charge in [0.25, 0.3) is 0 Å². The monoisotopic (exact) mass is 262 g/mol. The molecular weight excluding hydrogens is 244 g/mol. The highest BCUT2D eigenvalue weighted by Gasteiger charge is 2.50. The van der Waals surface area contributed by atoms with Crippen LogP contribution in [0.2, 0.25) is 0 Å². The van der Waals surface area contributed by atoms with Gasteiger partial charge in [-0.15, -0.1) is 0 Å². The molecular formula is C15H18O4. The van der Waals surface area contributed by atoms with Crippen LogP contribution in [0.1, 0.15) is 18.4 Å². The molecule has 1 aliphatic carbocycles. The summed E-state index contributed by atoms with van der Waals surface area (Å²) in [6.07, 6.45) is 1.04. The fourth-order valence-corrected chi connectivity index (χ4v) is 3.18. The van der Waals surface area contributed by atoms with Crippen LogP contribution in [0.3, 0.4) is 0 Å². The van der Waals surface area contributed by atoms with Crippen LogP contribution < -0.4 is 0 Å². The zero-order valence-corrected chi connectivity index (χ0v) is 10.7. The Kier molecular flexibility index (Phi) is 3.53. The molecule has 4 nitrogen and oxygen atoms in total. The van der Waals surface area contributed by atoms with Crippen molar-refractivity contribution < 1.29 is 19.4 Å². The van der Waals surface area contributed by atoms with Crippen molar-refractivity contribution in [3.63, 3.8) is 0 Å². The van der Waals surface area contributed by atoms with Crippen LogP contribution in [0.4, 0.5) is 0 Å². The second kappa shape index (κ2) is 5.31. The lowest BCUT2D eigenvalue weighted by Crippen LogP contribution is -2.26. The average molecular weight is 262 g/mol. The molecule has 0 amide bonds. The van der Waals surface area contributed by atoms with Crippen LogP contribution >= 0.6 is 0 Å². The van der Waals surface area contributed by atoms with E-state index in [-0.39, 0.29) is 36.6 Å². The fraction of sp³-hybridized carbons (Fsp3) is 0.533. The average Bonchev–Trinajstić information content (AvgIpc) is 2.92. The largest absolute Gasteiger partial charge is 0.462 e. The molecule has 0 spiro atoms. The van der Waals surface area contributed by atoms with Gasteiger partial charge >= 0.3 is 5.97 Å². The van der Waals surface area contributed by atoms with Crippen molar-refractivity contribution >= 4 is 5.97 Å². The first kappa shape index (κ1) is 12.6. The number of benzene rings is 1. The second-order valence-corrected chi connectivity index (χ2v) is 5.31. The molecule has 1 saturated heterocycles. The molecule has 4 atom stereocenters. The Hall–Kier alpha value is -1.39. The van der Waals surface area contributed by atoms with Crippen LogP contribution in [0, 0.1) is 11.8 Å². The molecule has 1 aromatic rings. The molecule has 0 radical (unpaired) electrons. The van der Waals surface area contributed by atoms with E-state index in [2.05, 4.69) is 0 Å². The van der Waals surface area contributed by atoms with E-state index in [0.717, 1.165) is 5.56 Å². The number of fused-ring (bicyclic) bond motifs is 1. The number of carbonyl (C=O) groups excluding carboxylic acids is 1. The summed E-state index contributed by atoms with van der Waals surface area (Å²) in [7, 11) is 0. The number of carbonyl (C=O) groups is 1. The molecule has 4 unspecified atom stereocenters. The summed E-state index contributed by atoms with van der Waals surface area (Å²) < 4.78 is 11.2. The minimum atomic E-state index is -0.144. The first-order chi connectivity index (χ1) is 9.28. The minimum absolute atomic E-state index is 0.0140. The van der Waals surface area contributed by atoms with Crippen LogP contribution in [-0.4, -0.2) is 29.9 Å². The summed E-state index contributed by atoms with van der Waals surface area (Å²) >= 11 is 0. The number of esters is 1. The Balaban J connectivity index is 1.61. The summed E-state index contributed by atoms with van der Waals surface area (Å²) in [5.74, 6) is -0.00612. The first-order valence-corrected chi connectivity index (χ1v) is 6.74. The summed E-state index contributed by atoms with van der Waals surface area (Å²) in [5, 5.41) is 9.52. The molecule has 4 heteroatoms. The van der Waals surface area contributed by atoms with Crippen LogP contribution in [0.15, 0.2) is 30.3 Å². The van der Waals surface area contributed by atoms with Crippen molar-refractivity contribution in [1.29, 1.82) is 0 Å². The lowest BCUT2D eigenvalue weighted by molar-refractivity contribution is -0.142. The van der Waals surface area contributed by atoms with E-state index in [0.29, 0.717) is 19.4 Å². The third-order valence-electron chi connectivity index (χ3n) is 4.17. The van der Waals surface area contributed by atoms with E-state index in [9.17, 15) is 9.90 Å². The SMILES string of the molecule is O=C1CC2C(CC(OCc3ccccc3)C2CO)O1. The topological polar surface area (TPSA) is 55.8 Å². The number of aliphatic hydroxyl groups excluding tert-OH is 1. The van der Waals surface area contributed by atoms with Crippen molar-refractivity contribution in [2.75, 3.05) is 6.61 Å². The standard InChI is InChI=1S/C15H18O4/c16-8-12-11-6-15(17)19-14(11)7-13(12)18-9-10-4-2-1-3-5-10/h1-5,11-14,16H,6-9H2. The van der Waals surface area contributed by atoms with Crippen molar-refractivity contribution in [2.24, 2.45) is 11.8 Å². The van der Waals surface area contributed by atoms with Gasteiger partial charge in [0.15, 0.2) is 0 Å². The normalized spacial score (nSPS) is 33.2. The van der Waals surface area contributed by atoms with Gasteiger partial charge in [-0.05, 0) is 5.56 Å². The molecule has 2 aliphatic rings. The molecule has 1 heterocycles. The molecule has 1 saturated carbocycles. The van der Waals surface area contributed by atoms with Crippen LogP contribution in [0.25, 0.3) is 0 Å². The Morgan fingerprint density at radius 1 is 1.32 bits per heavy atom. The summed E-state index contributed by atoms with van der Waals surface area (Å²) in [6.45, 7) is 0.590. The Morgan fingerprint density at radius 3 is 2.84 bits per heavy atom. The molecule has 1 N–H and O–H groups in total. The third-order valence-corrected chi connectivity index (χ3v) is 4.17. The second-order valence-electron chi connectivity index (χ2n) is 5.31. The summed E-state index contributed by atoms with van der Waals surface area (Å²) in [6, 6.07) is 9.97. The summed E-state index contributed by atoms with van der Waals surface area (Å²) in [4.78, 5) is 11.3. The van der Waals surface area contributed by atoms with Gasteiger partial charge in [0, 0.05) is 24.9 Å². The van der Waals surface area contributed by atoms with Crippen molar-refractivity contribution in [3.8, 4) is 0 Å². The predicted molar refractivity (Wildman–Crippen MR) is 68.2 cm³/mol. The van der Waals surface area contributed by atoms with E-state index < -0.39 is 0 Å². The van der Waals surface area contributed by atoms with E-state index in [1.165, 1.54) is 0 Å². The van der Waals surface area contributed by atoms with E-state index in [1.54, 1.807) is 0 Å².